The first-order valence-electron chi connectivity index (χ1n) is 9.26. The van der Waals surface area contributed by atoms with Gasteiger partial charge in [0, 0.05) is 45.0 Å². The fourth-order valence-electron chi connectivity index (χ4n) is 3.44. The summed E-state index contributed by atoms with van der Waals surface area (Å²) in [4.78, 5) is 6.78. The smallest absolute Gasteiger partial charge is 0.191 e. The van der Waals surface area contributed by atoms with Crippen LogP contribution < -0.4 is 10.6 Å². The Morgan fingerprint density at radius 1 is 1.29 bits per heavy atom. The molecule has 0 aromatic carbocycles. The van der Waals surface area contributed by atoms with Crippen molar-refractivity contribution in [3.63, 3.8) is 0 Å². The minimum Gasteiger partial charge on any atom is -0.356 e. The lowest BCUT2D eigenvalue weighted by molar-refractivity contribution is 0.249. The number of nitrogens with zero attached hydrogens (tertiary/aromatic N) is 4. The fraction of sp³-hybridized carbons (Fsp3) is 0.778. The van der Waals surface area contributed by atoms with Gasteiger partial charge in [0.25, 0.3) is 0 Å². The van der Waals surface area contributed by atoms with E-state index in [4.69, 9.17) is 0 Å². The number of guanidine groups is 1. The summed E-state index contributed by atoms with van der Waals surface area (Å²) in [6.07, 6.45) is 6.53. The van der Waals surface area contributed by atoms with Crippen LogP contribution in [0.1, 0.15) is 43.5 Å². The molecule has 1 aromatic rings. The van der Waals surface area contributed by atoms with Crippen LogP contribution in [0.3, 0.4) is 0 Å². The highest BCUT2D eigenvalue weighted by molar-refractivity contribution is 5.79. The molecule has 1 aromatic heterocycles. The molecule has 2 N–H and O–H groups in total. The van der Waals surface area contributed by atoms with E-state index in [-0.39, 0.29) is 0 Å². The van der Waals surface area contributed by atoms with Crippen LogP contribution in [0.25, 0.3) is 0 Å². The predicted molar refractivity (Wildman–Crippen MR) is 101 cm³/mol. The summed E-state index contributed by atoms with van der Waals surface area (Å²) < 4.78 is 2.07. The number of aliphatic imine (C=N–C) groups is 1. The number of hydrogen-bond acceptors (Lipinski definition) is 3. The lowest BCUT2D eigenvalue weighted by Crippen LogP contribution is -2.42. The van der Waals surface area contributed by atoms with Crippen molar-refractivity contribution in [3.8, 4) is 0 Å². The summed E-state index contributed by atoms with van der Waals surface area (Å²) in [6.45, 7) is 7.98. The zero-order valence-corrected chi connectivity index (χ0v) is 15.8. The summed E-state index contributed by atoms with van der Waals surface area (Å²) in [5.41, 5.74) is 2.31. The van der Waals surface area contributed by atoms with Crippen LogP contribution in [0.15, 0.2) is 11.1 Å². The zero-order valence-electron chi connectivity index (χ0n) is 15.8. The first kappa shape index (κ1) is 18.8. The molecule has 24 heavy (non-hydrogen) atoms. The molecule has 1 aliphatic rings. The Kier molecular flexibility index (Phi) is 7.56. The number of aryl methyl sites for hydroxylation is 3. The molecule has 1 aliphatic carbocycles. The molecule has 2 rings (SSSR count). The maximum Gasteiger partial charge on any atom is 0.191 e. The highest BCUT2D eigenvalue weighted by Gasteiger charge is 2.18. The Hall–Kier alpha value is -1.56. The standard InChI is InChI=1S/C18H34N6/c1-15-14-16(2)24(22-15)12-7-10-20-18(19-3)21-11-13-23(4)17-8-5-6-9-17/h14,17H,5-13H2,1-4H3,(H2,19,20,21). The Morgan fingerprint density at radius 3 is 2.62 bits per heavy atom. The minimum atomic E-state index is 0.780. The molecule has 0 spiro atoms. The summed E-state index contributed by atoms with van der Waals surface area (Å²) in [6, 6.07) is 2.90. The molecule has 0 amide bonds. The van der Waals surface area contributed by atoms with Crippen molar-refractivity contribution in [2.45, 2.75) is 58.5 Å². The van der Waals surface area contributed by atoms with E-state index in [1.807, 2.05) is 14.0 Å². The lowest BCUT2D eigenvalue weighted by atomic mass is 10.2. The van der Waals surface area contributed by atoms with Gasteiger partial charge < -0.3 is 15.5 Å². The van der Waals surface area contributed by atoms with E-state index in [1.165, 1.54) is 31.4 Å². The zero-order chi connectivity index (χ0) is 17.4. The quantitative estimate of drug-likeness (QED) is 0.433. The van der Waals surface area contributed by atoms with Crippen LogP contribution in [0, 0.1) is 13.8 Å². The first-order valence-corrected chi connectivity index (χ1v) is 9.26. The number of hydrogen-bond donors (Lipinski definition) is 2. The molecule has 0 unspecified atom stereocenters. The third kappa shape index (κ3) is 5.82. The fourth-order valence-corrected chi connectivity index (χ4v) is 3.44. The van der Waals surface area contributed by atoms with E-state index in [2.05, 4.69) is 50.3 Å². The molecule has 1 heterocycles. The van der Waals surface area contributed by atoms with Crippen LogP contribution in [0.4, 0.5) is 0 Å². The van der Waals surface area contributed by atoms with Crippen molar-refractivity contribution < 1.29 is 0 Å². The summed E-state index contributed by atoms with van der Waals surface area (Å²) in [7, 11) is 4.07. The van der Waals surface area contributed by atoms with Gasteiger partial charge >= 0.3 is 0 Å². The number of likely N-dealkylation sites (N-methyl/N-ethyl adjacent to an activating group) is 1. The SMILES string of the molecule is CN=C(NCCCn1nc(C)cc1C)NCCN(C)C1CCCC1. The van der Waals surface area contributed by atoms with Gasteiger partial charge in [0.1, 0.15) is 0 Å². The van der Waals surface area contributed by atoms with Gasteiger partial charge in [-0.15, -0.1) is 0 Å². The van der Waals surface area contributed by atoms with Gasteiger partial charge in [-0.1, -0.05) is 12.8 Å². The van der Waals surface area contributed by atoms with Gasteiger partial charge in [-0.3, -0.25) is 9.67 Å². The molecule has 1 fully saturated rings. The number of nitrogens with one attached hydrogen (secondary N) is 2. The molecule has 0 atom stereocenters. The van der Waals surface area contributed by atoms with E-state index in [0.717, 1.165) is 50.3 Å². The van der Waals surface area contributed by atoms with E-state index in [9.17, 15) is 0 Å². The van der Waals surface area contributed by atoms with E-state index < -0.39 is 0 Å². The normalized spacial score (nSPS) is 16.1. The second-order valence-electron chi connectivity index (χ2n) is 6.85. The Labute approximate surface area is 146 Å². The van der Waals surface area contributed by atoms with Gasteiger partial charge in [-0.05, 0) is 46.2 Å². The van der Waals surface area contributed by atoms with Gasteiger partial charge in [0.15, 0.2) is 5.96 Å². The predicted octanol–water partition coefficient (Wildman–Crippen LogP) is 1.93. The van der Waals surface area contributed by atoms with Gasteiger partial charge in [-0.2, -0.15) is 5.10 Å². The van der Waals surface area contributed by atoms with Crippen LogP contribution in [0.2, 0.25) is 0 Å². The second-order valence-corrected chi connectivity index (χ2v) is 6.85. The number of rotatable bonds is 8. The molecule has 0 bridgehead atoms. The topological polar surface area (TPSA) is 57.5 Å². The summed E-state index contributed by atoms with van der Waals surface area (Å²) in [5.74, 6) is 0.892. The third-order valence-corrected chi connectivity index (χ3v) is 4.87. The Balaban J connectivity index is 1.59. The minimum absolute atomic E-state index is 0.780. The molecule has 6 nitrogen and oxygen atoms in total. The monoisotopic (exact) mass is 334 g/mol. The van der Waals surface area contributed by atoms with Gasteiger partial charge in [0.05, 0.1) is 5.69 Å². The molecule has 0 radical (unpaired) electrons. The molecular formula is C18H34N6. The van der Waals surface area contributed by atoms with Crippen molar-refractivity contribution in [1.82, 2.24) is 25.3 Å². The molecule has 1 saturated carbocycles. The van der Waals surface area contributed by atoms with E-state index in [0.29, 0.717) is 0 Å². The van der Waals surface area contributed by atoms with Crippen molar-refractivity contribution in [1.29, 1.82) is 0 Å². The van der Waals surface area contributed by atoms with Crippen molar-refractivity contribution in [2.75, 3.05) is 33.7 Å². The average Bonchev–Trinajstić information content (AvgIpc) is 3.19. The van der Waals surface area contributed by atoms with Crippen LogP contribution >= 0.6 is 0 Å². The molecule has 0 saturated heterocycles. The molecular weight excluding hydrogens is 300 g/mol. The van der Waals surface area contributed by atoms with E-state index in [1.54, 1.807) is 0 Å². The maximum absolute atomic E-state index is 4.49. The van der Waals surface area contributed by atoms with Gasteiger partial charge in [0.2, 0.25) is 0 Å². The second kappa shape index (κ2) is 9.67. The lowest BCUT2D eigenvalue weighted by Gasteiger charge is -2.24. The molecule has 136 valence electrons. The van der Waals surface area contributed by atoms with Crippen LogP contribution in [-0.2, 0) is 6.54 Å². The van der Waals surface area contributed by atoms with Crippen molar-refractivity contribution >= 4 is 5.96 Å². The molecule has 6 heteroatoms. The first-order chi connectivity index (χ1) is 11.6. The van der Waals surface area contributed by atoms with Crippen molar-refractivity contribution in [2.24, 2.45) is 4.99 Å². The maximum atomic E-state index is 4.49. The number of aromatic nitrogens is 2. The van der Waals surface area contributed by atoms with Gasteiger partial charge in [-0.25, -0.2) is 0 Å². The Morgan fingerprint density at radius 2 is 2.00 bits per heavy atom. The molecule has 0 aliphatic heterocycles. The summed E-state index contributed by atoms with van der Waals surface area (Å²) >= 11 is 0. The highest BCUT2D eigenvalue weighted by Crippen LogP contribution is 2.21. The van der Waals surface area contributed by atoms with Crippen molar-refractivity contribution in [3.05, 3.63) is 17.5 Å². The largest absolute Gasteiger partial charge is 0.356 e. The summed E-state index contributed by atoms with van der Waals surface area (Å²) in [5, 5.41) is 11.3. The highest BCUT2D eigenvalue weighted by atomic mass is 15.3. The van der Waals surface area contributed by atoms with E-state index >= 15 is 0 Å². The average molecular weight is 335 g/mol. The van der Waals surface area contributed by atoms with Crippen LogP contribution in [0.5, 0.6) is 0 Å². The van der Waals surface area contributed by atoms with Crippen LogP contribution in [-0.4, -0.2) is 60.4 Å². The Bertz CT molecular complexity index is 516. The third-order valence-electron chi connectivity index (χ3n) is 4.87.